The molecule has 1 aliphatic heterocycles. The number of aromatic nitrogens is 2. The summed E-state index contributed by atoms with van der Waals surface area (Å²) in [5.74, 6) is 0.121. The summed E-state index contributed by atoms with van der Waals surface area (Å²) >= 11 is 7.34. The summed E-state index contributed by atoms with van der Waals surface area (Å²) in [6.07, 6.45) is 0.792. The molecule has 104 valence electrons. The second-order valence-electron chi connectivity index (χ2n) is 4.51. The standard InChI is InChI=1S/C12H11ClN4O2S/c1-17-8(18)3-2-7(11(17)19)14-9-6-4-5-20-10(6)16-12(13)15-9/h4-5,7H,2-3H2,1H3,(H,14,15,16). The van der Waals surface area contributed by atoms with Crippen molar-refractivity contribution in [2.24, 2.45) is 0 Å². The molecule has 2 aromatic rings. The number of likely N-dealkylation sites (N-methyl/N-ethyl adjacent to an activating group) is 1. The lowest BCUT2D eigenvalue weighted by molar-refractivity contribution is -0.146. The molecule has 0 radical (unpaired) electrons. The number of amides is 2. The summed E-state index contributed by atoms with van der Waals surface area (Å²) in [7, 11) is 1.49. The number of hydrogen-bond acceptors (Lipinski definition) is 6. The van der Waals surface area contributed by atoms with Gasteiger partial charge in [-0.1, -0.05) is 0 Å². The molecule has 0 aliphatic carbocycles. The fourth-order valence-corrected chi connectivity index (χ4v) is 3.14. The first-order valence-electron chi connectivity index (χ1n) is 6.04. The minimum atomic E-state index is -0.466. The van der Waals surface area contributed by atoms with Crippen molar-refractivity contribution >= 4 is 50.8 Å². The number of carbonyl (C=O) groups is 2. The maximum atomic E-state index is 12.1. The van der Waals surface area contributed by atoms with Gasteiger partial charge in [-0.2, -0.15) is 0 Å². The zero-order chi connectivity index (χ0) is 14.3. The van der Waals surface area contributed by atoms with E-state index in [2.05, 4.69) is 15.3 Å². The fourth-order valence-electron chi connectivity index (χ4n) is 2.15. The average Bonchev–Trinajstić information content (AvgIpc) is 2.87. The van der Waals surface area contributed by atoms with E-state index in [0.29, 0.717) is 18.7 Å². The number of piperidine rings is 1. The molecule has 2 amide bonds. The first-order valence-corrected chi connectivity index (χ1v) is 7.29. The summed E-state index contributed by atoms with van der Waals surface area (Å²) in [6, 6.07) is 1.41. The van der Waals surface area contributed by atoms with Crippen molar-refractivity contribution in [2.75, 3.05) is 12.4 Å². The molecule has 0 saturated carbocycles. The number of nitrogens with one attached hydrogen (secondary N) is 1. The Labute approximate surface area is 123 Å². The molecular weight excluding hydrogens is 300 g/mol. The third-order valence-corrected chi connectivity index (χ3v) is 4.23. The van der Waals surface area contributed by atoms with E-state index in [1.807, 2.05) is 11.4 Å². The van der Waals surface area contributed by atoms with Crippen LogP contribution < -0.4 is 5.32 Å². The Hall–Kier alpha value is -1.73. The summed E-state index contributed by atoms with van der Waals surface area (Å²) in [5, 5.41) is 5.93. The second kappa shape index (κ2) is 4.99. The van der Waals surface area contributed by atoms with Crippen LogP contribution in [0.4, 0.5) is 5.82 Å². The lowest BCUT2D eigenvalue weighted by atomic mass is 10.0. The van der Waals surface area contributed by atoms with Crippen molar-refractivity contribution in [3.8, 4) is 0 Å². The minimum absolute atomic E-state index is 0.134. The van der Waals surface area contributed by atoms with Gasteiger partial charge in [0.1, 0.15) is 16.7 Å². The Kier molecular flexibility index (Phi) is 3.31. The van der Waals surface area contributed by atoms with Gasteiger partial charge in [0.2, 0.25) is 11.2 Å². The third kappa shape index (κ3) is 2.23. The molecule has 1 unspecified atom stereocenters. The number of carbonyl (C=O) groups excluding carboxylic acids is 2. The van der Waals surface area contributed by atoms with E-state index in [1.54, 1.807) is 0 Å². The van der Waals surface area contributed by atoms with Crippen molar-refractivity contribution in [3.63, 3.8) is 0 Å². The summed E-state index contributed by atoms with van der Waals surface area (Å²) in [6.45, 7) is 0. The van der Waals surface area contributed by atoms with Crippen molar-refractivity contribution in [2.45, 2.75) is 18.9 Å². The van der Waals surface area contributed by atoms with Crippen molar-refractivity contribution in [1.82, 2.24) is 14.9 Å². The molecule has 1 saturated heterocycles. The van der Waals surface area contributed by atoms with Crippen LogP contribution in [0.3, 0.4) is 0 Å². The number of hydrogen-bond donors (Lipinski definition) is 1. The molecule has 2 aromatic heterocycles. The van der Waals surface area contributed by atoms with E-state index in [1.165, 1.54) is 18.4 Å². The smallest absolute Gasteiger partial charge is 0.251 e. The van der Waals surface area contributed by atoms with Gasteiger partial charge in [-0.3, -0.25) is 14.5 Å². The van der Waals surface area contributed by atoms with Gasteiger partial charge in [0.25, 0.3) is 5.91 Å². The predicted molar refractivity (Wildman–Crippen MR) is 76.8 cm³/mol. The number of anilines is 1. The van der Waals surface area contributed by atoms with Crippen LogP contribution in [0.5, 0.6) is 0 Å². The molecule has 1 atom stereocenters. The molecular formula is C12H11ClN4O2S. The van der Waals surface area contributed by atoms with E-state index in [9.17, 15) is 9.59 Å². The Bertz CT molecular complexity index is 702. The number of thiophene rings is 1. The average molecular weight is 311 g/mol. The number of imide groups is 1. The Balaban J connectivity index is 1.91. The van der Waals surface area contributed by atoms with Crippen LogP contribution in [0.1, 0.15) is 12.8 Å². The molecule has 0 aromatic carbocycles. The molecule has 0 spiro atoms. The van der Waals surface area contributed by atoms with Gasteiger partial charge in [0.05, 0.1) is 5.39 Å². The maximum Gasteiger partial charge on any atom is 0.251 e. The molecule has 3 rings (SSSR count). The Morgan fingerprint density at radius 1 is 1.45 bits per heavy atom. The van der Waals surface area contributed by atoms with E-state index < -0.39 is 6.04 Å². The van der Waals surface area contributed by atoms with Crippen molar-refractivity contribution in [3.05, 3.63) is 16.7 Å². The van der Waals surface area contributed by atoms with Gasteiger partial charge in [0, 0.05) is 13.5 Å². The highest BCUT2D eigenvalue weighted by molar-refractivity contribution is 7.16. The van der Waals surface area contributed by atoms with Gasteiger partial charge in [-0.25, -0.2) is 9.97 Å². The third-order valence-electron chi connectivity index (χ3n) is 3.26. The zero-order valence-corrected chi connectivity index (χ0v) is 12.2. The highest BCUT2D eigenvalue weighted by Crippen LogP contribution is 2.28. The molecule has 20 heavy (non-hydrogen) atoms. The van der Waals surface area contributed by atoms with Gasteiger partial charge in [-0.15, -0.1) is 11.3 Å². The lowest BCUT2D eigenvalue weighted by Crippen LogP contribution is -2.48. The van der Waals surface area contributed by atoms with E-state index in [4.69, 9.17) is 11.6 Å². The van der Waals surface area contributed by atoms with Crippen molar-refractivity contribution < 1.29 is 9.59 Å². The van der Waals surface area contributed by atoms with Crippen LogP contribution in [-0.2, 0) is 9.59 Å². The molecule has 1 fully saturated rings. The highest BCUT2D eigenvalue weighted by atomic mass is 35.5. The topological polar surface area (TPSA) is 75.2 Å². The van der Waals surface area contributed by atoms with Crippen molar-refractivity contribution in [1.29, 1.82) is 0 Å². The zero-order valence-electron chi connectivity index (χ0n) is 10.6. The van der Waals surface area contributed by atoms with Gasteiger partial charge >= 0.3 is 0 Å². The van der Waals surface area contributed by atoms with Gasteiger partial charge in [0.15, 0.2) is 0 Å². The normalized spacial score (nSPS) is 19.7. The Morgan fingerprint density at radius 3 is 3.05 bits per heavy atom. The van der Waals surface area contributed by atoms with E-state index in [0.717, 1.165) is 15.1 Å². The highest BCUT2D eigenvalue weighted by Gasteiger charge is 2.32. The van der Waals surface area contributed by atoms with E-state index >= 15 is 0 Å². The number of fused-ring (bicyclic) bond motifs is 1. The number of likely N-dealkylation sites (tertiary alicyclic amines) is 1. The van der Waals surface area contributed by atoms with Gasteiger partial charge in [-0.05, 0) is 29.5 Å². The lowest BCUT2D eigenvalue weighted by Gasteiger charge is -2.28. The molecule has 8 heteroatoms. The minimum Gasteiger partial charge on any atom is -0.358 e. The second-order valence-corrected chi connectivity index (χ2v) is 5.74. The quantitative estimate of drug-likeness (QED) is 0.677. The monoisotopic (exact) mass is 310 g/mol. The predicted octanol–water partition coefficient (Wildman–Crippen LogP) is 1.90. The maximum absolute atomic E-state index is 12.1. The molecule has 3 heterocycles. The summed E-state index contributed by atoms with van der Waals surface area (Å²) < 4.78 is 0. The van der Waals surface area contributed by atoms with Crippen LogP contribution in [0, 0.1) is 0 Å². The fraction of sp³-hybridized carbons (Fsp3) is 0.333. The number of halogens is 1. The van der Waals surface area contributed by atoms with Crippen LogP contribution in [0.2, 0.25) is 5.28 Å². The summed E-state index contributed by atoms with van der Waals surface area (Å²) in [4.78, 5) is 33.7. The van der Waals surface area contributed by atoms with Crippen LogP contribution in [0.15, 0.2) is 11.4 Å². The SMILES string of the molecule is CN1C(=O)CCC(Nc2nc(Cl)nc3sccc23)C1=O. The molecule has 6 nitrogen and oxygen atoms in total. The largest absolute Gasteiger partial charge is 0.358 e. The number of nitrogens with zero attached hydrogens (tertiary/aromatic N) is 3. The van der Waals surface area contributed by atoms with Crippen LogP contribution in [-0.4, -0.2) is 39.8 Å². The molecule has 1 aliphatic rings. The van der Waals surface area contributed by atoms with Gasteiger partial charge < -0.3 is 5.32 Å². The molecule has 0 bridgehead atoms. The Morgan fingerprint density at radius 2 is 2.25 bits per heavy atom. The molecule has 1 N–H and O–H groups in total. The summed E-state index contributed by atoms with van der Waals surface area (Å²) in [5.41, 5.74) is 0. The first-order chi connectivity index (χ1) is 9.56. The first kappa shape index (κ1) is 13.3. The number of rotatable bonds is 2. The van der Waals surface area contributed by atoms with E-state index in [-0.39, 0.29) is 17.1 Å². The van der Waals surface area contributed by atoms with Crippen LogP contribution >= 0.6 is 22.9 Å². The van der Waals surface area contributed by atoms with Crippen LogP contribution in [0.25, 0.3) is 10.2 Å².